The van der Waals surface area contributed by atoms with Gasteiger partial charge in [-0.3, -0.25) is 0 Å². The molecule has 70 valence electrons. The van der Waals surface area contributed by atoms with E-state index in [1.165, 1.54) is 0 Å². The molecule has 0 saturated heterocycles. The maximum atomic E-state index is 9.18. The quantitative estimate of drug-likeness (QED) is 0.741. The highest BCUT2D eigenvalue weighted by molar-refractivity contribution is 6.32. The van der Waals surface area contributed by atoms with Crippen molar-refractivity contribution in [3.8, 4) is 5.75 Å². The summed E-state index contributed by atoms with van der Waals surface area (Å²) in [5, 5.41) is 9.51. The number of benzene rings is 1. The van der Waals surface area contributed by atoms with Gasteiger partial charge < -0.3 is 9.84 Å². The van der Waals surface area contributed by atoms with E-state index >= 15 is 0 Å². The van der Waals surface area contributed by atoms with E-state index in [0.29, 0.717) is 5.02 Å². The predicted molar refractivity (Wildman–Crippen MR) is 53.8 cm³/mol. The van der Waals surface area contributed by atoms with Crippen molar-refractivity contribution in [1.29, 1.82) is 0 Å². The first kappa shape index (κ1) is 9.93. The number of ether oxygens (including phenoxy) is 1. The fraction of sp³-hybridized carbons (Fsp3) is 0.200. The summed E-state index contributed by atoms with van der Waals surface area (Å²) >= 11 is 5.74. The van der Waals surface area contributed by atoms with Gasteiger partial charge in [-0.25, -0.2) is 0 Å². The lowest BCUT2D eigenvalue weighted by atomic mass is 10.2. The Morgan fingerprint density at radius 1 is 1.54 bits per heavy atom. The normalized spacial score (nSPS) is 11.5. The zero-order valence-electron chi connectivity index (χ0n) is 7.54. The van der Waals surface area contributed by atoms with Gasteiger partial charge >= 0.3 is 0 Å². The van der Waals surface area contributed by atoms with E-state index in [1.807, 2.05) is 13.0 Å². The number of hydrogen-bond acceptors (Lipinski definition) is 2. The van der Waals surface area contributed by atoms with Gasteiger partial charge in [0.2, 0.25) is 0 Å². The van der Waals surface area contributed by atoms with Crippen LogP contribution in [0.3, 0.4) is 0 Å². The van der Waals surface area contributed by atoms with Crippen LogP contribution < -0.4 is 0 Å². The number of aromatic hydroxyl groups is 1. The topological polar surface area (TPSA) is 29.5 Å². The second kappa shape index (κ2) is 4.19. The van der Waals surface area contributed by atoms with E-state index in [0.717, 1.165) is 11.3 Å². The van der Waals surface area contributed by atoms with Gasteiger partial charge in [-0.1, -0.05) is 11.6 Å². The molecular formula is C10H11ClO2. The van der Waals surface area contributed by atoms with Crippen molar-refractivity contribution in [2.75, 3.05) is 7.11 Å². The maximum absolute atomic E-state index is 9.18. The molecule has 0 aromatic heterocycles. The molecule has 2 nitrogen and oxygen atoms in total. The minimum absolute atomic E-state index is 0.0805. The molecule has 0 amide bonds. The summed E-state index contributed by atoms with van der Waals surface area (Å²) in [6.45, 7) is 1.87. The predicted octanol–water partition coefficient (Wildman–Crippen LogP) is 3.05. The number of rotatable bonds is 2. The highest BCUT2D eigenvalue weighted by Crippen LogP contribution is 2.27. The molecule has 0 aliphatic rings. The molecule has 0 atom stereocenters. The fourth-order valence-corrected chi connectivity index (χ4v) is 1.24. The molecular weight excluding hydrogens is 188 g/mol. The molecule has 0 unspecified atom stereocenters. The van der Waals surface area contributed by atoms with Crippen molar-refractivity contribution in [3.05, 3.63) is 34.9 Å². The lowest BCUT2D eigenvalue weighted by Crippen LogP contribution is -1.86. The summed E-state index contributed by atoms with van der Waals surface area (Å²) in [6, 6.07) is 4.95. The molecule has 1 aromatic rings. The zero-order chi connectivity index (χ0) is 9.84. The van der Waals surface area contributed by atoms with Gasteiger partial charge in [-0.15, -0.1) is 0 Å². The average Bonchev–Trinajstić information content (AvgIpc) is 2.13. The van der Waals surface area contributed by atoms with E-state index in [1.54, 1.807) is 25.3 Å². The number of phenolic OH excluding ortho intramolecular Hbond substituents is 1. The average molecular weight is 199 g/mol. The Bertz CT molecular complexity index is 332. The van der Waals surface area contributed by atoms with E-state index in [9.17, 15) is 5.11 Å². The fourth-order valence-electron chi connectivity index (χ4n) is 1.06. The van der Waals surface area contributed by atoms with E-state index < -0.39 is 0 Å². The Morgan fingerprint density at radius 2 is 2.23 bits per heavy atom. The Kier molecular flexibility index (Phi) is 3.20. The van der Waals surface area contributed by atoms with Crippen molar-refractivity contribution in [3.63, 3.8) is 0 Å². The number of allylic oxidation sites excluding steroid dienone is 1. The molecule has 0 radical (unpaired) electrons. The van der Waals surface area contributed by atoms with E-state index in [4.69, 9.17) is 16.3 Å². The van der Waals surface area contributed by atoms with Crippen LogP contribution in [-0.2, 0) is 4.74 Å². The van der Waals surface area contributed by atoms with Crippen LogP contribution in [0.25, 0.3) is 5.76 Å². The lowest BCUT2D eigenvalue weighted by Gasteiger charge is -2.06. The molecule has 0 bridgehead atoms. The molecule has 13 heavy (non-hydrogen) atoms. The third-order valence-corrected chi connectivity index (χ3v) is 2.02. The Morgan fingerprint density at radius 3 is 2.69 bits per heavy atom. The minimum atomic E-state index is 0.0805. The highest BCUT2D eigenvalue weighted by atomic mass is 35.5. The molecule has 1 aromatic carbocycles. The first-order valence-corrected chi connectivity index (χ1v) is 4.26. The van der Waals surface area contributed by atoms with E-state index in [2.05, 4.69) is 0 Å². The molecule has 1 rings (SSSR count). The standard InChI is InChI=1S/C10H11ClO2/c1-3-10(13-2)7-4-5-9(12)8(11)6-7/h3-6,12H,1-2H3. The van der Waals surface area contributed by atoms with Crippen LogP contribution in [-0.4, -0.2) is 12.2 Å². The van der Waals surface area contributed by atoms with Gasteiger partial charge in [0.25, 0.3) is 0 Å². The minimum Gasteiger partial charge on any atom is -0.506 e. The summed E-state index contributed by atoms with van der Waals surface area (Å²) in [5.74, 6) is 0.818. The van der Waals surface area contributed by atoms with Crippen molar-refractivity contribution < 1.29 is 9.84 Å². The largest absolute Gasteiger partial charge is 0.506 e. The van der Waals surface area contributed by atoms with E-state index in [-0.39, 0.29) is 5.75 Å². The molecule has 1 N–H and O–H groups in total. The van der Waals surface area contributed by atoms with Crippen LogP contribution in [0.5, 0.6) is 5.75 Å². The van der Waals surface area contributed by atoms with Gasteiger partial charge in [0, 0.05) is 5.56 Å². The number of phenols is 1. The zero-order valence-corrected chi connectivity index (χ0v) is 8.30. The molecule has 0 aliphatic heterocycles. The summed E-state index contributed by atoms with van der Waals surface area (Å²) in [7, 11) is 1.59. The van der Waals surface area contributed by atoms with Gasteiger partial charge in [0.05, 0.1) is 12.1 Å². The second-order valence-corrected chi connectivity index (χ2v) is 2.93. The number of halogens is 1. The van der Waals surface area contributed by atoms with Crippen LogP contribution in [0.15, 0.2) is 24.3 Å². The highest BCUT2D eigenvalue weighted by Gasteiger charge is 2.03. The smallest absolute Gasteiger partial charge is 0.134 e. The van der Waals surface area contributed by atoms with Gasteiger partial charge in [0.1, 0.15) is 11.5 Å². The Labute approximate surface area is 82.4 Å². The Balaban J connectivity index is 3.10. The number of hydrogen-bond donors (Lipinski definition) is 1. The SMILES string of the molecule is CC=C(OC)c1ccc(O)c(Cl)c1. The summed E-state index contributed by atoms with van der Waals surface area (Å²) < 4.78 is 5.10. The molecule has 0 heterocycles. The summed E-state index contributed by atoms with van der Waals surface area (Å²) in [6.07, 6.45) is 1.84. The molecule has 0 saturated carbocycles. The summed E-state index contributed by atoms with van der Waals surface area (Å²) in [5.41, 5.74) is 0.854. The van der Waals surface area contributed by atoms with Crippen molar-refractivity contribution in [2.45, 2.75) is 6.92 Å². The Hall–Kier alpha value is -1.15. The molecule has 0 fully saturated rings. The second-order valence-electron chi connectivity index (χ2n) is 2.52. The van der Waals surface area contributed by atoms with Crippen molar-refractivity contribution in [1.82, 2.24) is 0 Å². The van der Waals surface area contributed by atoms with Crippen molar-refractivity contribution >= 4 is 17.4 Å². The van der Waals surface area contributed by atoms with Crippen LogP contribution in [0.4, 0.5) is 0 Å². The van der Waals surface area contributed by atoms with Crippen LogP contribution in [0.1, 0.15) is 12.5 Å². The van der Waals surface area contributed by atoms with Crippen LogP contribution in [0.2, 0.25) is 5.02 Å². The molecule has 0 aliphatic carbocycles. The van der Waals surface area contributed by atoms with Crippen LogP contribution in [0, 0.1) is 0 Å². The number of methoxy groups -OCH3 is 1. The monoisotopic (exact) mass is 198 g/mol. The first-order valence-electron chi connectivity index (χ1n) is 3.88. The van der Waals surface area contributed by atoms with Crippen LogP contribution >= 0.6 is 11.6 Å². The maximum Gasteiger partial charge on any atom is 0.134 e. The van der Waals surface area contributed by atoms with Gasteiger partial charge in [-0.2, -0.15) is 0 Å². The lowest BCUT2D eigenvalue weighted by molar-refractivity contribution is 0.369. The third-order valence-electron chi connectivity index (χ3n) is 1.71. The third kappa shape index (κ3) is 2.16. The molecule has 3 heteroatoms. The summed E-state index contributed by atoms with van der Waals surface area (Å²) in [4.78, 5) is 0. The van der Waals surface area contributed by atoms with Gasteiger partial charge in [-0.05, 0) is 31.2 Å². The molecule has 0 spiro atoms. The van der Waals surface area contributed by atoms with Crippen molar-refractivity contribution in [2.24, 2.45) is 0 Å². The first-order chi connectivity index (χ1) is 6.19. The van der Waals surface area contributed by atoms with Gasteiger partial charge in [0.15, 0.2) is 0 Å².